The number of benzene rings is 5. The van der Waals surface area contributed by atoms with E-state index in [0.717, 1.165) is 16.7 Å². The molecule has 0 amide bonds. The Bertz CT molecular complexity index is 1950. The summed E-state index contributed by atoms with van der Waals surface area (Å²) in [4.78, 5) is 0.135. The van der Waals surface area contributed by atoms with E-state index in [1.807, 2.05) is 68.4 Å². The Kier molecular flexibility index (Phi) is 9.33. The normalized spacial score (nSPS) is 13.6. The molecule has 226 valence electrons. The van der Waals surface area contributed by atoms with Crippen molar-refractivity contribution in [1.29, 1.82) is 0 Å². The van der Waals surface area contributed by atoms with E-state index in [2.05, 4.69) is 4.72 Å². The first-order valence-electron chi connectivity index (χ1n) is 14.0. The number of ether oxygens (including phenoxy) is 1. The zero-order valence-corrected chi connectivity index (χ0v) is 27.3. The van der Waals surface area contributed by atoms with Crippen LogP contribution in [0.3, 0.4) is 0 Å². The average Bonchev–Trinajstić information content (AvgIpc) is 3.02. The lowest BCUT2D eigenvalue weighted by atomic mass is 9.99. The fraction of sp³-hybridized carbons (Fsp3) is 0.143. The molecule has 0 fully saturated rings. The minimum absolute atomic E-state index is 0.135. The predicted molar refractivity (Wildman–Crippen MR) is 178 cm³/mol. The van der Waals surface area contributed by atoms with Crippen LogP contribution in [0.15, 0.2) is 120 Å². The van der Waals surface area contributed by atoms with Gasteiger partial charge in [-0.2, -0.15) is 0 Å². The molecule has 1 N–H and O–H groups in total. The smallest absolute Gasteiger partial charge is 0.307 e. The third-order valence-electron chi connectivity index (χ3n) is 7.37. The summed E-state index contributed by atoms with van der Waals surface area (Å²) < 4.78 is 57.1. The minimum atomic E-state index is -3.89. The highest BCUT2D eigenvalue weighted by atomic mass is 35.5. The molecule has 0 aromatic heterocycles. The highest BCUT2D eigenvalue weighted by molar-refractivity contribution is 7.89. The van der Waals surface area contributed by atoms with Crippen LogP contribution in [-0.4, -0.2) is 15.5 Å². The molecule has 0 radical (unpaired) electrons. The van der Waals surface area contributed by atoms with Crippen molar-refractivity contribution in [2.45, 2.75) is 31.7 Å². The van der Waals surface area contributed by atoms with Gasteiger partial charge < -0.3 is 9.26 Å². The number of hydrogen-bond acceptors (Lipinski definition) is 5. The summed E-state index contributed by atoms with van der Waals surface area (Å²) in [5.41, 5.74) is 3.85. The first-order chi connectivity index (χ1) is 21.0. The number of nitrogens with one attached hydrogen (secondary N) is 1. The van der Waals surface area contributed by atoms with Gasteiger partial charge in [0.25, 0.3) is 0 Å². The Morgan fingerprint density at radius 1 is 0.795 bits per heavy atom. The minimum Gasteiger partial charge on any atom is -0.496 e. The van der Waals surface area contributed by atoms with Crippen molar-refractivity contribution in [2.24, 2.45) is 0 Å². The highest BCUT2D eigenvalue weighted by Gasteiger charge is 2.35. The van der Waals surface area contributed by atoms with Crippen LogP contribution < -0.4 is 24.6 Å². The number of sulfonamides is 1. The van der Waals surface area contributed by atoms with E-state index >= 15 is 4.57 Å². The Morgan fingerprint density at radius 2 is 1.48 bits per heavy atom. The highest BCUT2D eigenvalue weighted by Crippen LogP contribution is 2.50. The van der Waals surface area contributed by atoms with E-state index in [1.54, 1.807) is 74.7 Å². The largest absolute Gasteiger partial charge is 0.496 e. The lowest BCUT2D eigenvalue weighted by Crippen LogP contribution is -2.28. The summed E-state index contributed by atoms with van der Waals surface area (Å²) >= 11 is 6.41. The van der Waals surface area contributed by atoms with Gasteiger partial charge in [0.05, 0.1) is 22.6 Å². The molecule has 5 rings (SSSR count). The molecule has 0 saturated heterocycles. The van der Waals surface area contributed by atoms with Crippen molar-refractivity contribution in [3.63, 3.8) is 0 Å². The van der Waals surface area contributed by atoms with Crippen molar-refractivity contribution < 1.29 is 22.2 Å². The Hall–Kier alpha value is -3.87. The van der Waals surface area contributed by atoms with Gasteiger partial charge in [0.1, 0.15) is 11.5 Å². The van der Waals surface area contributed by atoms with Crippen molar-refractivity contribution in [2.75, 3.05) is 7.11 Å². The molecule has 5 aromatic rings. The second kappa shape index (κ2) is 13.0. The van der Waals surface area contributed by atoms with E-state index in [4.69, 9.17) is 20.9 Å². The van der Waals surface area contributed by atoms with Crippen LogP contribution in [-0.2, 0) is 14.6 Å². The van der Waals surface area contributed by atoms with Gasteiger partial charge in [-0.05, 0) is 80.9 Å². The van der Waals surface area contributed by atoms with Gasteiger partial charge in [0.2, 0.25) is 10.0 Å². The van der Waals surface area contributed by atoms with Crippen LogP contribution in [0.2, 0.25) is 5.02 Å². The molecule has 5 aromatic carbocycles. The van der Waals surface area contributed by atoms with Crippen LogP contribution >= 0.6 is 19.0 Å². The molecule has 0 aliphatic heterocycles. The van der Waals surface area contributed by atoms with Crippen molar-refractivity contribution in [3.8, 4) is 22.6 Å². The zero-order valence-electron chi connectivity index (χ0n) is 24.8. The zero-order chi connectivity index (χ0) is 31.5. The maximum Gasteiger partial charge on any atom is 0.307 e. The van der Waals surface area contributed by atoms with Crippen LogP contribution in [0.4, 0.5) is 0 Å². The van der Waals surface area contributed by atoms with E-state index in [0.29, 0.717) is 32.5 Å². The second-order valence-corrected chi connectivity index (χ2v) is 14.9. The predicted octanol–water partition coefficient (Wildman–Crippen LogP) is 7.98. The fourth-order valence-electron chi connectivity index (χ4n) is 5.12. The van der Waals surface area contributed by atoms with Crippen molar-refractivity contribution in [1.82, 2.24) is 4.72 Å². The molecule has 44 heavy (non-hydrogen) atoms. The molecular formula is C35H33ClNO5PS. The van der Waals surface area contributed by atoms with Crippen LogP contribution in [0.1, 0.15) is 29.7 Å². The third kappa shape index (κ3) is 6.47. The summed E-state index contributed by atoms with van der Waals surface area (Å²) in [5.74, 6) is 0.885. The average molecular weight is 646 g/mol. The fourth-order valence-corrected chi connectivity index (χ4v) is 8.80. The molecule has 0 unspecified atom stereocenters. The van der Waals surface area contributed by atoms with Crippen LogP contribution in [0.25, 0.3) is 11.1 Å². The maximum atomic E-state index is 15.5. The van der Waals surface area contributed by atoms with Crippen LogP contribution in [0, 0.1) is 13.8 Å². The third-order valence-corrected chi connectivity index (χ3v) is 11.6. The van der Waals surface area contributed by atoms with Gasteiger partial charge in [-0.3, -0.25) is 4.57 Å². The van der Waals surface area contributed by atoms with Gasteiger partial charge in [0, 0.05) is 27.8 Å². The number of halogens is 1. The topological polar surface area (TPSA) is 81.7 Å². The van der Waals surface area contributed by atoms with E-state index in [1.165, 1.54) is 0 Å². The summed E-state index contributed by atoms with van der Waals surface area (Å²) in [6.45, 7) is 5.56. The number of rotatable bonds is 10. The molecule has 2 atom stereocenters. The van der Waals surface area contributed by atoms with Crippen molar-refractivity contribution in [3.05, 3.63) is 137 Å². The van der Waals surface area contributed by atoms with Gasteiger partial charge in [-0.1, -0.05) is 77.8 Å². The molecule has 0 bridgehead atoms. The van der Waals surface area contributed by atoms with Gasteiger partial charge in [0.15, 0.2) is 0 Å². The SMILES string of the molecule is COc1cccc(C)c1-c1ccccc1[P@@](=O)(Oc1ccc(Cl)cc1[C@@H](C)NS(=O)(=O)c1ccc(C)cc1)c1ccccc1. The molecular weight excluding hydrogens is 613 g/mol. The molecule has 0 heterocycles. The van der Waals surface area contributed by atoms with Gasteiger partial charge >= 0.3 is 7.37 Å². The summed E-state index contributed by atoms with van der Waals surface area (Å²) in [5, 5.41) is 1.34. The molecule has 0 aliphatic carbocycles. The first-order valence-corrected chi connectivity index (χ1v) is 17.5. The molecule has 0 aliphatic rings. The molecule has 0 saturated carbocycles. The van der Waals surface area contributed by atoms with Gasteiger partial charge in [-0.15, -0.1) is 0 Å². The Balaban J connectivity index is 1.64. The number of methoxy groups -OCH3 is 1. The van der Waals surface area contributed by atoms with Crippen LogP contribution in [0.5, 0.6) is 11.5 Å². The first kappa shape index (κ1) is 31.6. The van der Waals surface area contributed by atoms with E-state index < -0.39 is 23.4 Å². The Labute approximate surface area is 264 Å². The second-order valence-electron chi connectivity index (χ2n) is 10.5. The van der Waals surface area contributed by atoms with E-state index in [-0.39, 0.29) is 10.6 Å². The molecule has 6 nitrogen and oxygen atoms in total. The lowest BCUT2D eigenvalue weighted by molar-refractivity contribution is 0.416. The maximum absolute atomic E-state index is 15.5. The Morgan fingerprint density at radius 3 is 2.18 bits per heavy atom. The summed E-state index contributed by atoms with van der Waals surface area (Å²) in [6, 6.07) is 32.9. The van der Waals surface area contributed by atoms with Gasteiger partial charge in [-0.25, -0.2) is 13.1 Å². The summed E-state index contributed by atoms with van der Waals surface area (Å²) in [7, 11) is -6.16. The molecule has 9 heteroatoms. The number of aryl methyl sites for hydroxylation is 2. The standard InChI is InChI=1S/C35H33ClNO5PS/c1-24-17-20-29(21-18-24)44(39,40)37-26(3)31-23-27(36)19-22-32(31)42-43(38,28-12-6-5-7-13-28)34-16-9-8-14-30(34)35-25(2)11-10-15-33(35)41-4/h5-23,26,37H,1-4H3/t26-,43+/m1/s1. The number of hydrogen-bond donors (Lipinski definition) is 1. The van der Waals surface area contributed by atoms with E-state index in [9.17, 15) is 8.42 Å². The summed E-state index contributed by atoms with van der Waals surface area (Å²) in [6.07, 6.45) is 0. The monoisotopic (exact) mass is 645 g/mol. The van der Waals surface area contributed by atoms with Crippen molar-refractivity contribution >= 4 is 39.6 Å². The molecule has 0 spiro atoms. The quantitative estimate of drug-likeness (QED) is 0.156. The lowest BCUT2D eigenvalue weighted by Gasteiger charge is -2.26.